The van der Waals surface area contributed by atoms with Gasteiger partial charge in [0.15, 0.2) is 0 Å². The van der Waals surface area contributed by atoms with Crippen molar-refractivity contribution in [3.05, 3.63) is 132 Å². The second kappa shape index (κ2) is 15.7. The van der Waals surface area contributed by atoms with Gasteiger partial charge in [-0.15, -0.1) is 0 Å². The van der Waals surface area contributed by atoms with Gasteiger partial charge < -0.3 is 10.2 Å². The average molecular weight is 696 g/mol. The number of halogens is 4. The van der Waals surface area contributed by atoms with Gasteiger partial charge in [0.1, 0.15) is 18.4 Å². The molecule has 0 spiro atoms. The van der Waals surface area contributed by atoms with Gasteiger partial charge in [-0.2, -0.15) is 13.2 Å². The Labute approximate surface area is 283 Å². The molecule has 1 unspecified atom stereocenters. The Morgan fingerprint density at radius 1 is 0.816 bits per heavy atom. The number of hydrogen-bond donors (Lipinski definition) is 1. The van der Waals surface area contributed by atoms with Crippen LogP contribution in [0.3, 0.4) is 0 Å². The first-order valence-electron chi connectivity index (χ1n) is 16.1. The molecule has 12 heteroatoms. The molecule has 1 aliphatic rings. The molecule has 2 amide bonds. The molecule has 1 aliphatic carbocycles. The molecule has 49 heavy (non-hydrogen) atoms. The number of amides is 2. The lowest BCUT2D eigenvalue weighted by Gasteiger charge is -2.35. The monoisotopic (exact) mass is 695 g/mol. The molecule has 7 nitrogen and oxygen atoms in total. The number of carbonyl (C=O) groups is 2. The van der Waals surface area contributed by atoms with Crippen molar-refractivity contribution in [1.82, 2.24) is 10.2 Å². The minimum absolute atomic E-state index is 0.0224. The molecule has 4 aromatic rings. The molecule has 0 heterocycles. The van der Waals surface area contributed by atoms with Crippen molar-refractivity contribution in [3.8, 4) is 0 Å². The predicted molar refractivity (Wildman–Crippen MR) is 178 cm³/mol. The Bertz CT molecular complexity index is 1830. The summed E-state index contributed by atoms with van der Waals surface area (Å²) in [6.45, 7) is -1.36. The van der Waals surface area contributed by atoms with Crippen molar-refractivity contribution in [2.45, 2.75) is 68.2 Å². The summed E-state index contributed by atoms with van der Waals surface area (Å²) in [4.78, 5) is 29.5. The number of nitrogens with one attached hydrogen (secondary N) is 1. The van der Waals surface area contributed by atoms with Crippen LogP contribution in [-0.2, 0) is 38.8 Å². The van der Waals surface area contributed by atoms with E-state index in [9.17, 15) is 31.2 Å². The molecule has 0 aromatic heterocycles. The highest BCUT2D eigenvalue weighted by molar-refractivity contribution is 7.92. The molecule has 1 fully saturated rings. The lowest BCUT2D eigenvalue weighted by molar-refractivity contribution is -0.140. The van der Waals surface area contributed by atoms with Gasteiger partial charge in [0.05, 0.1) is 16.1 Å². The quantitative estimate of drug-likeness (QED) is 0.160. The van der Waals surface area contributed by atoms with Crippen LogP contribution in [0.1, 0.15) is 48.8 Å². The lowest BCUT2D eigenvalue weighted by atomic mass is 9.94. The van der Waals surface area contributed by atoms with Crippen molar-refractivity contribution in [2.75, 3.05) is 10.8 Å². The first-order valence-corrected chi connectivity index (χ1v) is 17.5. The van der Waals surface area contributed by atoms with Crippen molar-refractivity contribution < 1.29 is 35.6 Å². The van der Waals surface area contributed by atoms with Gasteiger partial charge in [-0.25, -0.2) is 12.8 Å². The van der Waals surface area contributed by atoms with E-state index in [1.807, 2.05) is 0 Å². The summed E-state index contributed by atoms with van der Waals surface area (Å²) in [5.41, 5.74) is -0.730. The Hall–Kier alpha value is -4.71. The van der Waals surface area contributed by atoms with E-state index < -0.39 is 64.2 Å². The SMILES string of the molecule is O=C(NC1CCCCC1)C(Cc1ccccc1)N(Cc1ccccc1F)C(=O)CN(c1cccc(C(F)(F)F)c1)S(=O)(=O)c1ccccc1. The molecule has 0 radical (unpaired) electrons. The summed E-state index contributed by atoms with van der Waals surface area (Å²) >= 11 is 0. The van der Waals surface area contributed by atoms with Crippen LogP contribution in [0, 0.1) is 5.82 Å². The number of sulfonamides is 1. The predicted octanol–water partition coefficient (Wildman–Crippen LogP) is 7.13. The highest BCUT2D eigenvalue weighted by Gasteiger charge is 2.37. The number of nitrogens with zero attached hydrogens (tertiary/aromatic N) is 2. The van der Waals surface area contributed by atoms with Crippen molar-refractivity contribution in [1.29, 1.82) is 0 Å². The third kappa shape index (κ3) is 9.05. The maximum atomic E-state index is 15.1. The third-order valence-corrected chi connectivity index (χ3v) is 10.4. The number of carbonyl (C=O) groups excluding carboxylic acids is 2. The molecule has 0 saturated heterocycles. The molecular weight excluding hydrogens is 658 g/mol. The topological polar surface area (TPSA) is 86.8 Å². The molecule has 1 saturated carbocycles. The van der Waals surface area contributed by atoms with Crippen LogP contribution in [-0.4, -0.2) is 43.8 Å². The number of hydrogen-bond acceptors (Lipinski definition) is 4. The Balaban J connectivity index is 1.59. The van der Waals surface area contributed by atoms with E-state index in [4.69, 9.17) is 0 Å². The summed E-state index contributed by atoms with van der Waals surface area (Å²) in [6, 6.07) is 24.0. The van der Waals surface area contributed by atoms with Crippen LogP contribution < -0.4 is 9.62 Å². The van der Waals surface area contributed by atoms with E-state index in [1.165, 1.54) is 48.5 Å². The van der Waals surface area contributed by atoms with E-state index in [0.717, 1.165) is 49.1 Å². The first kappa shape index (κ1) is 35.6. The van der Waals surface area contributed by atoms with Gasteiger partial charge >= 0.3 is 6.18 Å². The smallest absolute Gasteiger partial charge is 0.352 e. The zero-order chi connectivity index (χ0) is 35.0. The Morgan fingerprint density at radius 3 is 2.10 bits per heavy atom. The number of alkyl halides is 3. The van der Waals surface area contributed by atoms with Crippen molar-refractivity contribution in [3.63, 3.8) is 0 Å². The molecular formula is C37H37F4N3O4S. The molecule has 5 rings (SSSR count). The number of anilines is 1. The fraction of sp³-hybridized carbons (Fsp3) is 0.297. The van der Waals surface area contributed by atoms with Crippen LogP contribution in [0.4, 0.5) is 23.2 Å². The standard InChI is InChI=1S/C37H37F4N3O4S/c38-33-22-11-10-15-28(33)25-43(34(23-27-13-4-1-5-14-27)36(46)42-30-17-6-2-7-18-30)35(45)26-44(49(47,48)32-20-8-3-9-21-32)31-19-12-16-29(24-31)37(39,40)41/h1,3-5,8-16,19-22,24,30,34H,2,6-7,17-18,23,25-26H2,(H,42,46). The van der Waals surface area contributed by atoms with E-state index in [-0.39, 0.29) is 22.9 Å². The maximum absolute atomic E-state index is 15.1. The molecule has 1 atom stereocenters. The summed E-state index contributed by atoms with van der Waals surface area (Å²) < 4.78 is 85.2. The number of rotatable bonds is 12. The van der Waals surface area contributed by atoms with Crippen LogP contribution in [0.5, 0.6) is 0 Å². The van der Waals surface area contributed by atoms with Crippen LogP contribution in [0.15, 0.2) is 114 Å². The fourth-order valence-corrected chi connectivity index (χ4v) is 7.42. The summed E-state index contributed by atoms with van der Waals surface area (Å²) in [6.07, 6.45) is -0.372. The fourth-order valence-electron chi connectivity index (χ4n) is 5.99. The van der Waals surface area contributed by atoms with E-state index in [2.05, 4.69) is 5.32 Å². The first-order chi connectivity index (χ1) is 23.4. The highest BCUT2D eigenvalue weighted by Crippen LogP contribution is 2.33. The van der Waals surface area contributed by atoms with Crippen molar-refractivity contribution in [2.24, 2.45) is 0 Å². The second-order valence-corrected chi connectivity index (χ2v) is 13.9. The summed E-state index contributed by atoms with van der Waals surface area (Å²) in [7, 11) is -4.61. The molecule has 4 aromatic carbocycles. The van der Waals surface area contributed by atoms with Crippen molar-refractivity contribution >= 4 is 27.5 Å². The Morgan fingerprint density at radius 2 is 1.45 bits per heavy atom. The zero-order valence-corrected chi connectivity index (χ0v) is 27.5. The lowest BCUT2D eigenvalue weighted by Crippen LogP contribution is -2.55. The van der Waals surface area contributed by atoms with Crippen LogP contribution >= 0.6 is 0 Å². The summed E-state index contributed by atoms with van der Waals surface area (Å²) in [5, 5.41) is 3.06. The minimum Gasteiger partial charge on any atom is -0.352 e. The average Bonchev–Trinajstić information content (AvgIpc) is 3.10. The van der Waals surface area contributed by atoms with Crippen LogP contribution in [0.25, 0.3) is 0 Å². The van der Waals surface area contributed by atoms with Gasteiger partial charge in [-0.1, -0.05) is 92.1 Å². The maximum Gasteiger partial charge on any atom is 0.416 e. The zero-order valence-electron chi connectivity index (χ0n) is 26.7. The van der Waals surface area contributed by atoms with E-state index in [0.29, 0.717) is 15.9 Å². The molecule has 258 valence electrons. The Kier molecular flexibility index (Phi) is 11.4. The van der Waals surface area contributed by atoms with E-state index in [1.54, 1.807) is 42.5 Å². The van der Waals surface area contributed by atoms with Gasteiger partial charge in [0, 0.05) is 24.6 Å². The van der Waals surface area contributed by atoms with E-state index >= 15 is 4.39 Å². The summed E-state index contributed by atoms with van der Waals surface area (Å²) in [5.74, 6) is -2.03. The van der Waals surface area contributed by atoms with Gasteiger partial charge in [-0.05, 0) is 54.8 Å². The van der Waals surface area contributed by atoms with Gasteiger partial charge in [0.2, 0.25) is 11.8 Å². The normalized spacial score (nSPS) is 14.5. The molecule has 1 N–H and O–H groups in total. The second-order valence-electron chi connectivity index (χ2n) is 12.0. The molecule has 0 bridgehead atoms. The highest BCUT2D eigenvalue weighted by atomic mass is 32.2. The third-order valence-electron chi connectivity index (χ3n) is 8.59. The molecule has 0 aliphatic heterocycles. The van der Waals surface area contributed by atoms with Crippen LogP contribution in [0.2, 0.25) is 0 Å². The number of benzene rings is 4. The van der Waals surface area contributed by atoms with Gasteiger partial charge in [-0.3, -0.25) is 13.9 Å². The van der Waals surface area contributed by atoms with Gasteiger partial charge in [0.25, 0.3) is 10.0 Å². The largest absolute Gasteiger partial charge is 0.416 e. The minimum atomic E-state index is -4.79.